The molecule has 0 radical (unpaired) electrons. The smallest absolute Gasteiger partial charge is 0.291 e. The number of benzene rings is 2. The van der Waals surface area contributed by atoms with Crippen LogP contribution in [0.15, 0.2) is 69.7 Å². The second kappa shape index (κ2) is 9.48. The number of piperidine rings is 1. The molecular weight excluding hydrogens is 448 g/mol. The average molecular weight is 477 g/mol. The van der Waals surface area contributed by atoms with Gasteiger partial charge in [-0.2, -0.15) is 0 Å². The number of rotatable bonds is 7. The highest BCUT2D eigenvalue weighted by Gasteiger charge is 2.34. The van der Waals surface area contributed by atoms with Crippen molar-refractivity contribution in [1.29, 1.82) is 0 Å². The molecule has 35 heavy (non-hydrogen) atoms. The Labute approximate surface area is 203 Å². The molecule has 8 heteroatoms. The minimum atomic E-state index is -0.923. The van der Waals surface area contributed by atoms with Gasteiger partial charge >= 0.3 is 0 Å². The number of methoxy groups -OCH3 is 2. The number of hydrogen-bond donors (Lipinski definition) is 2. The molecule has 0 unspecified atom stereocenters. The molecule has 1 amide bonds. The van der Waals surface area contributed by atoms with Crippen LogP contribution in [-0.2, 0) is 12.1 Å². The number of nitrogens with zero attached hydrogens (tertiary/aromatic N) is 1. The molecule has 3 heterocycles. The summed E-state index contributed by atoms with van der Waals surface area (Å²) in [6, 6.07) is 16.3. The Morgan fingerprint density at radius 2 is 1.86 bits per heavy atom. The number of amides is 1. The van der Waals surface area contributed by atoms with E-state index in [1.165, 1.54) is 7.11 Å². The molecule has 1 aliphatic rings. The number of furan rings is 2. The van der Waals surface area contributed by atoms with Gasteiger partial charge < -0.3 is 28.7 Å². The van der Waals surface area contributed by atoms with Crippen LogP contribution in [0.5, 0.6) is 11.5 Å². The van der Waals surface area contributed by atoms with Gasteiger partial charge in [0.1, 0.15) is 11.3 Å². The van der Waals surface area contributed by atoms with Crippen molar-refractivity contribution in [2.24, 2.45) is 0 Å². The van der Waals surface area contributed by atoms with Gasteiger partial charge in [0.2, 0.25) is 0 Å². The summed E-state index contributed by atoms with van der Waals surface area (Å²) < 4.78 is 21.8. The predicted molar refractivity (Wildman–Crippen MR) is 131 cm³/mol. The summed E-state index contributed by atoms with van der Waals surface area (Å²) in [4.78, 5) is 15.1. The van der Waals surface area contributed by atoms with Crippen molar-refractivity contribution >= 4 is 22.6 Å². The van der Waals surface area contributed by atoms with Gasteiger partial charge in [-0.3, -0.25) is 9.69 Å². The Hall–Kier alpha value is -3.75. The number of likely N-dealkylation sites (tertiary alicyclic amines) is 1. The molecule has 2 N–H and O–H groups in total. The third kappa shape index (κ3) is 4.76. The number of nitrogens with one attached hydrogen (secondary N) is 1. The number of anilines is 1. The van der Waals surface area contributed by atoms with E-state index >= 15 is 0 Å². The van der Waals surface area contributed by atoms with Gasteiger partial charge in [-0.1, -0.05) is 6.07 Å². The van der Waals surface area contributed by atoms with Crippen molar-refractivity contribution in [1.82, 2.24) is 4.90 Å². The van der Waals surface area contributed by atoms with Crippen LogP contribution in [0.3, 0.4) is 0 Å². The zero-order valence-electron chi connectivity index (χ0n) is 19.7. The Morgan fingerprint density at radius 3 is 2.57 bits per heavy atom. The van der Waals surface area contributed by atoms with Gasteiger partial charge in [0, 0.05) is 30.2 Å². The summed E-state index contributed by atoms with van der Waals surface area (Å²) in [5.41, 5.74) is 1.05. The van der Waals surface area contributed by atoms with E-state index in [4.69, 9.17) is 18.3 Å². The molecule has 1 saturated heterocycles. The highest BCUT2D eigenvalue weighted by molar-refractivity contribution is 6.04. The third-order valence-electron chi connectivity index (χ3n) is 6.56. The Balaban J connectivity index is 1.29. The molecule has 1 fully saturated rings. The van der Waals surface area contributed by atoms with E-state index in [-0.39, 0.29) is 11.7 Å². The minimum absolute atomic E-state index is 0.187. The molecule has 0 spiro atoms. The maximum Gasteiger partial charge on any atom is 0.291 e. The first-order valence-electron chi connectivity index (χ1n) is 11.5. The van der Waals surface area contributed by atoms with E-state index in [9.17, 15) is 9.90 Å². The fourth-order valence-electron chi connectivity index (χ4n) is 4.54. The zero-order chi connectivity index (χ0) is 24.4. The summed E-state index contributed by atoms with van der Waals surface area (Å²) in [6.45, 7) is 2.27. The summed E-state index contributed by atoms with van der Waals surface area (Å²) in [5.74, 6) is 1.83. The maximum absolute atomic E-state index is 12.8. The quantitative estimate of drug-likeness (QED) is 0.396. The Bertz CT molecular complexity index is 1320. The minimum Gasteiger partial charge on any atom is -0.493 e. The molecule has 182 valence electrons. The summed E-state index contributed by atoms with van der Waals surface area (Å²) >= 11 is 0. The molecule has 2 aromatic carbocycles. The summed E-state index contributed by atoms with van der Waals surface area (Å²) in [5, 5.41) is 15.0. The normalized spacial score (nSPS) is 15.7. The van der Waals surface area contributed by atoms with Crippen molar-refractivity contribution < 1.29 is 28.2 Å². The fourth-order valence-corrected chi connectivity index (χ4v) is 4.54. The van der Waals surface area contributed by atoms with Crippen LogP contribution in [0, 0.1) is 0 Å². The van der Waals surface area contributed by atoms with Gasteiger partial charge in [0.15, 0.2) is 17.3 Å². The van der Waals surface area contributed by atoms with E-state index in [2.05, 4.69) is 10.2 Å². The van der Waals surface area contributed by atoms with Crippen LogP contribution >= 0.6 is 0 Å². The summed E-state index contributed by atoms with van der Waals surface area (Å²) in [7, 11) is 3.09. The number of fused-ring (bicyclic) bond motifs is 1. The number of aliphatic hydroxyl groups is 1. The SMILES string of the molecule is COc1ccc(NC(=O)c2cc3cc(C4(O)CCN(Cc5ccco5)CC4)ccc3o2)cc1OC. The van der Waals surface area contributed by atoms with Crippen LogP contribution in [0.25, 0.3) is 11.0 Å². The first kappa shape index (κ1) is 23.0. The predicted octanol–water partition coefficient (Wildman–Crippen LogP) is 4.78. The van der Waals surface area contributed by atoms with Gasteiger partial charge in [-0.05, 0) is 60.9 Å². The Kier molecular flexibility index (Phi) is 6.23. The lowest BCUT2D eigenvalue weighted by molar-refractivity contribution is -0.0288. The second-order valence-corrected chi connectivity index (χ2v) is 8.77. The van der Waals surface area contributed by atoms with Crippen LogP contribution in [0.2, 0.25) is 0 Å². The van der Waals surface area contributed by atoms with E-state index in [0.717, 1.165) is 36.3 Å². The zero-order valence-corrected chi connectivity index (χ0v) is 19.7. The molecule has 2 aromatic heterocycles. The molecule has 8 nitrogen and oxygen atoms in total. The number of carbonyl (C=O) groups is 1. The lowest BCUT2D eigenvalue weighted by Crippen LogP contribution is -2.42. The molecule has 5 rings (SSSR count). The number of carbonyl (C=O) groups excluding carboxylic acids is 1. The number of ether oxygens (including phenoxy) is 2. The molecule has 0 aliphatic carbocycles. The molecule has 4 aromatic rings. The van der Waals surface area contributed by atoms with Crippen molar-refractivity contribution in [2.45, 2.75) is 25.0 Å². The largest absolute Gasteiger partial charge is 0.493 e. The van der Waals surface area contributed by atoms with Gasteiger partial charge in [0.25, 0.3) is 5.91 Å². The van der Waals surface area contributed by atoms with Gasteiger partial charge in [0.05, 0.1) is 32.6 Å². The van der Waals surface area contributed by atoms with E-state index in [1.807, 2.05) is 30.3 Å². The van der Waals surface area contributed by atoms with Crippen molar-refractivity contribution in [3.05, 3.63) is 77.9 Å². The topological polar surface area (TPSA) is 97.3 Å². The molecule has 0 atom stereocenters. The highest BCUT2D eigenvalue weighted by atomic mass is 16.5. The monoisotopic (exact) mass is 476 g/mol. The van der Waals surface area contributed by atoms with Crippen LogP contribution in [0.4, 0.5) is 5.69 Å². The molecule has 0 bridgehead atoms. The lowest BCUT2D eigenvalue weighted by atomic mass is 9.84. The molecule has 0 saturated carbocycles. The fraction of sp³-hybridized carbons (Fsp3) is 0.296. The van der Waals surface area contributed by atoms with Gasteiger partial charge in [-0.25, -0.2) is 0 Å². The van der Waals surface area contributed by atoms with Crippen molar-refractivity contribution in [3.8, 4) is 11.5 Å². The second-order valence-electron chi connectivity index (χ2n) is 8.77. The molecular formula is C27H28N2O6. The maximum atomic E-state index is 12.8. The number of hydrogen-bond acceptors (Lipinski definition) is 7. The van der Waals surface area contributed by atoms with Crippen LogP contribution < -0.4 is 14.8 Å². The third-order valence-corrected chi connectivity index (χ3v) is 6.56. The Morgan fingerprint density at radius 1 is 1.06 bits per heavy atom. The van der Waals surface area contributed by atoms with Crippen LogP contribution in [-0.4, -0.2) is 43.2 Å². The molecule has 1 aliphatic heterocycles. The first-order chi connectivity index (χ1) is 17.0. The standard InChI is InChI=1S/C27H28N2O6/c1-32-23-8-6-20(16-24(23)33-2)28-26(30)25-15-18-14-19(5-7-22(18)35-25)27(31)9-11-29(12-10-27)17-21-4-3-13-34-21/h3-8,13-16,31H,9-12,17H2,1-2H3,(H,28,30). The van der Waals surface area contributed by atoms with E-state index in [0.29, 0.717) is 35.6 Å². The van der Waals surface area contributed by atoms with E-state index < -0.39 is 5.60 Å². The average Bonchev–Trinajstić information content (AvgIpc) is 3.55. The van der Waals surface area contributed by atoms with E-state index in [1.54, 1.807) is 37.6 Å². The lowest BCUT2D eigenvalue weighted by Gasteiger charge is -2.38. The summed E-state index contributed by atoms with van der Waals surface area (Å²) in [6.07, 6.45) is 2.91. The first-order valence-corrected chi connectivity index (χ1v) is 11.5. The van der Waals surface area contributed by atoms with Crippen molar-refractivity contribution in [2.75, 3.05) is 32.6 Å². The van der Waals surface area contributed by atoms with Crippen molar-refractivity contribution in [3.63, 3.8) is 0 Å². The van der Waals surface area contributed by atoms with Crippen LogP contribution in [0.1, 0.15) is 34.7 Å². The highest BCUT2D eigenvalue weighted by Crippen LogP contribution is 2.36. The van der Waals surface area contributed by atoms with Gasteiger partial charge in [-0.15, -0.1) is 0 Å².